The van der Waals surface area contributed by atoms with Crippen molar-refractivity contribution in [2.75, 3.05) is 70.9 Å². The van der Waals surface area contributed by atoms with E-state index >= 15 is 0 Å². The van der Waals surface area contributed by atoms with E-state index in [2.05, 4.69) is 57.2 Å². The first-order valence-corrected chi connectivity index (χ1v) is 10.9. The summed E-state index contributed by atoms with van der Waals surface area (Å²) in [6.07, 6.45) is 0. The van der Waals surface area contributed by atoms with Gasteiger partial charge in [0, 0.05) is 70.7 Å². The fourth-order valence-electron chi connectivity index (χ4n) is 4.26. The molecule has 1 amide bonds. The van der Waals surface area contributed by atoms with Gasteiger partial charge in [0.1, 0.15) is 5.75 Å². The van der Waals surface area contributed by atoms with Gasteiger partial charge in [-0.25, -0.2) is 0 Å². The number of carbonyl (C=O) groups is 1. The molecule has 4 rings (SSSR count). The molecule has 6 heteroatoms. The molecular formula is C24H32N4O2. The zero-order valence-electron chi connectivity index (χ0n) is 17.9. The smallest absolute Gasteiger partial charge is 0.236 e. The van der Waals surface area contributed by atoms with E-state index < -0.39 is 0 Å². The quantitative estimate of drug-likeness (QED) is 0.733. The summed E-state index contributed by atoms with van der Waals surface area (Å²) in [7, 11) is 1.70. The van der Waals surface area contributed by atoms with Crippen molar-refractivity contribution in [2.24, 2.45) is 0 Å². The van der Waals surface area contributed by atoms with Crippen molar-refractivity contribution >= 4 is 11.6 Å². The van der Waals surface area contributed by atoms with Crippen LogP contribution in [-0.4, -0.2) is 86.6 Å². The first-order valence-electron chi connectivity index (χ1n) is 10.9. The summed E-state index contributed by atoms with van der Waals surface area (Å²) in [4.78, 5) is 21.9. The van der Waals surface area contributed by atoms with E-state index in [0.717, 1.165) is 64.7 Å². The first kappa shape index (κ1) is 20.7. The van der Waals surface area contributed by atoms with Gasteiger partial charge in [0.2, 0.25) is 5.91 Å². The van der Waals surface area contributed by atoms with Crippen LogP contribution in [0.5, 0.6) is 5.75 Å². The molecule has 0 aliphatic carbocycles. The number of hydrogen-bond acceptors (Lipinski definition) is 5. The predicted octanol–water partition coefficient (Wildman–Crippen LogP) is 2.16. The van der Waals surface area contributed by atoms with E-state index in [4.69, 9.17) is 4.74 Å². The molecule has 0 atom stereocenters. The highest BCUT2D eigenvalue weighted by atomic mass is 16.5. The number of nitrogens with zero attached hydrogens (tertiary/aromatic N) is 4. The van der Waals surface area contributed by atoms with E-state index in [1.54, 1.807) is 7.11 Å². The van der Waals surface area contributed by atoms with Crippen LogP contribution in [0.25, 0.3) is 0 Å². The van der Waals surface area contributed by atoms with E-state index in [1.807, 2.05) is 17.0 Å². The van der Waals surface area contributed by atoms with Crippen molar-refractivity contribution in [3.05, 3.63) is 60.2 Å². The van der Waals surface area contributed by atoms with Crippen LogP contribution in [0.2, 0.25) is 0 Å². The van der Waals surface area contributed by atoms with Crippen molar-refractivity contribution in [1.29, 1.82) is 0 Å². The Morgan fingerprint density at radius 2 is 1.53 bits per heavy atom. The van der Waals surface area contributed by atoms with Gasteiger partial charge in [-0.15, -0.1) is 0 Å². The molecule has 2 aromatic rings. The highest BCUT2D eigenvalue weighted by Gasteiger charge is 2.25. The van der Waals surface area contributed by atoms with Crippen LogP contribution < -0.4 is 9.64 Å². The average Bonchev–Trinajstić information content (AvgIpc) is 2.81. The average molecular weight is 409 g/mol. The topological polar surface area (TPSA) is 39.3 Å². The fraction of sp³-hybridized carbons (Fsp3) is 0.458. The second kappa shape index (κ2) is 9.96. The number of amides is 1. The Morgan fingerprint density at radius 3 is 2.23 bits per heavy atom. The molecule has 2 saturated heterocycles. The van der Waals surface area contributed by atoms with Crippen LogP contribution in [0, 0.1) is 0 Å². The number of benzene rings is 2. The maximum Gasteiger partial charge on any atom is 0.236 e. The van der Waals surface area contributed by atoms with Crippen molar-refractivity contribution in [2.45, 2.75) is 6.54 Å². The van der Waals surface area contributed by atoms with Gasteiger partial charge in [0.15, 0.2) is 0 Å². The Labute approximate surface area is 179 Å². The minimum Gasteiger partial charge on any atom is -0.497 e. The normalized spacial score (nSPS) is 18.4. The summed E-state index contributed by atoms with van der Waals surface area (Å²) < 4.78 is 5.34. The highest BCUT2D eigenvalue weighted by molar-refractivity contribution is 5.78. The molecule has 0 N–H and O–H groups in total. The first-order chi connectivity index (χ1) is 14.7. The number of rotatable bonds is 6. The molecule has 0 spiro atoms. The van der Waals surface area contributed by atoms with Gasteiger partial charge < -0.3 is 14.5 Å². The molecular weight excluding hydrogens is 376 g/mol. The van der Waals surface area contributed by atoms with Crippen LogP contribution in [0.15, 0.2) is 54.6 Å². The van der Waals surface area contributed by atoms with E-state index in [9.17, 15) is 4.79 Å². The second-order valence-electron chi connectivity index (χ2n) is 8.11. The van der Waals surface area contributed by atoms with Crippen LogP contribution in [0.4, 0.5) is 5.69 Å². The number of carbonyl (C=O) groups excluding carboxylic acids is 1. The van der Waals surface area contributed by atoms with Gasteiger partial charge in [-0.3, -0.25) is 14.6 Å². The standard InChI is InChI=1S/C24H32N4O2/c1-30-23-9-5-8-22(18-23)27-14-10-26(11-15-27)20-24(29)28-16-12-25(13-17-28)19-21-6-3-2-4-7-21/h2-9,18H,10-17,19-20H2,1H3. The van der Waals surface area contributed by atoms with Crippen molar-refractivity contribution in [1.82, 2.24) is 14.7 Å². The summed E-state index contributed by atoms with van der Waals surface area (Å²) in [6.45, 7) is 8.75. The van der Waals surface area contributed by atoms with Gasteiger partial charge in [-0.1, -0.05) is 36.4 Å². The fourth-order valence-corrected chi connectivity index (χ4v) is 4.26. The Morgan fingerprint density at radius 1 is 0.833 bits per heavy atom. The zero-order valence-corrected chi connectivity index (χ0v) is 17.9. The molecule has 160 valence electrons. The third-order valence-electron chi connectivity index (χ3n) is 6.12. The maximum atomic E-state index is 12.8. The van der Waals surface area contributed by atoms with Crippen LogP contribution in [-0.2, 0) is 11.3 Å². The minimum atomic E-state index is 0.268. The molecule has 2 fully saturated rings. The Bertz CT molecular complexity index is 813. The zero-order chi connectivity index (χ0) is 20.8. The number of piperazine rings is 2. The number of ether oxygens (including phenoxy) is 1. The molecule has 2 heterocycles. The van der Waals surface area contributed by atoms with Gasteiger partial charge in [0.05, 0.1) is 13.7 Å². The predicted molar refractivity (Wildman–Crippen MR) is 120 cm³/mol. The summed E-state index contributed by atoms with van der Waals surface area (Å²) in [6, 6.07) is 18.8. The van der Waals surface area contributed by atoms with E-state index in [0.29, 0.717) is 6.54 Å². The lowest BCUT2D eigenvalue weighted by molar-refractivity contribution is -0.134. The summed E-state index contributed by atoms with van der Waals surface area (Å²) in [5, 5.41) is 0. The number of hydrogen-bond donors (Lipinski definition) is 0. The van der Waals surface area contributed by atoms with E-state index in [1.165, 1.54) is 11.3 Å². The van der Waals surface area contributed by atoms with Crippen molar-refractivity contribution in [3.63, 3.8) is 0 Å². The van der Waals surface area contributed by atoms with Crippen LogP contribution in [0.3, 0.4) is 0 Å². The third kappa shape index (κ3) is 5.32. The molecule has 30 heavy (non-hydrogen) atoms. The molecule has 0 aromatic heterocycles. The third-order valence-corrected chi connectivity index (χ3v) is 6.12. The molecule has 2 aliphatic heterocycles. The summed E-state index contributed by atoms with van der Waals surface area (Å²) >= 11 is 0. The van der Waals surface area contributed by atoms with Crippen molar-refractivity contribution < 1.29 is 9.53 Å². The minimum absolute atomic E-state index is 0.268. The Balaban J connectivity index is 1.20. The Hall–Kier alpha value is -2.57. The van der Waals surface area contributed by atoms with E-state index in [-0.39, 0.29) is 5.91 Å². The van der Waals surface area contributed by atoms with Gasteiger partial charge in [-0.2, -0.15) is 0 Å². The van der Waals surface area contributed by atoms with Crippen LogP contribution in [0.1, 0.15) is 5.56 Å². The highest BCUT2D eigenvalue weighted by Crippen LogP contribution is 2.22. The molecule has 0 unspecified atom stereocenters. The maximum absolute atomic E-state index is 12.8. The van der Waals surface area contributed by atoms with Gasteiger partial charge in [0.25, 0.3) is 0 Å². The van der Waals surface area contributed by atoms with Crippen LogP contribution >= 0.6 is 0 Å². The molecule has 6 nitrogen and oxygen atoms in total. The molecule has 2 aromatic carbocycles. The lowest BCUT2D eigenvalue weighted by Crippen LogP contribution is -2.53. The molecule has 0 saturated carbocycles. The summed E-state index contributed by atoms with van der Waals surface area (Å²) in [5.41, 5.74) is 2.53. The SMILES string of the molecule is COc1cccc(N2CCN(CC(=O)N3CCN(Cc4ccccc4)CC3)CC2)c1. The van der Waals surface area contributed by atoms with Gasteiger partial charge >= 0.3 is 0 Å². The largest absolute Gasteiger partial charge is 0.497 e. The van der Waals surface area contributed by atoms with Gasteiger partial charge in [-0.05, 0) is 17.7 Å². The second-order valence-corrected chi connectivity index (χ2v) is 8.11. The monoisotopic (exact) mass is 408 g/mol. The molecule has 0 bridgehead atoms. The lowest BCUT2D eigenvalue weighted by Gasteiger charge is -2.38. The molecule has 2 aliphatic rings. The number of methoxy groups -OCH3 is 1. The molecule has 0 radical (unpaired) electrons. The number of anilines is 1. The van der Waals surface area contributed by atoms with Crippen molar-refractivity contribution in [3.8, 4) is 5.75 Å². The summed E-state index contributed by atoms with van der Waals surface area (Å²) in [5.74, 6) is 1.15. The Kier molecular flexibility index (Phi) is 6.87. The lowest BCUT2D eigenvalue weighted by atomic mass is 10.2.